The van der Waals surface area contributed by atoms with Crippen molar-refractivity contribution in [2.24, 2.45) is 35.0 Å². The second-order valence-electron chi connectivity index (χ2n) is 39.5. The molecule has 0 bridgehead atoms. The first kappa shape index (κ1) is 153. The van der Waals surface area contributed by atoms with Crippen LogP contribution in [0.25, 0.3) is 0 Å². The number of unbranched alkanes of at least 4 members (excludes halogenated alkanes) is 3. The molecule has 0 aliphatic carbocycles. The average Bonchev–Trinajstić information content (AvgIpc) is 0.931. The molecular formula is C93H219N15O36Si6. The molecule has 0 aromatic rings. The Kier molecular flexibility index (Phi) is 102. The summed E-state index contributed by atoms with van der Waals surface area (Å²) in [7, 11) is -24.7. The van der Waals surface area contributed by atoms with Crippen molar-refractivity contribution in [2.75, 3.05) is 335 Å². The molecule has 0 rings (SSSR count). The minimum Gasteiger partial charge on any atom is -0.390 e. The lowest BCUT2D eigenvalue weighted by Crippen LogP contribution is -2.47. The molecule has 0 fully saturated rings. The van der Waals surface area contributed by atoms with Gasteiger partial charge in [0.2, 0.25) is 0 Å². The van der Waals surface area contributed by atoms with Crippen molar-refractivity contribution in [3.05, 3.63) is 0 Å². The molecule has 51 nitrogen and oxygen atoms in total. The van der Waals surface area contributed by atoms with Gasteiger partial charge < -0.3 is 224 Å². The molecular weight excluding hydrogens is 2070 g/mol. The predicted octanol–water partition coefficient (Wildman–Crippen LogP) is -9.93. The maximum Gasteiger partial charge on any atom is 0.492 e. The molecule has 0 aliphatic heterocycles. The van der Waals surface area contributed by atoms with E-state index in [-0.39, 0.29) is 193 Å². The lowest BCUT2D eigenvalue weighted by molar-refractivity contribution is -0.0199. The molecule has 12 atom stereocenters. The zero-order chi connectivity index (χ0) is 113. The summed E-state index contributed by atoms with van der Waals surface area (Å²) in [5, 5.41) is 115. The Labute approximate surface area is 902 Å². The number of nitrogens with zero attached hydrogens (tertiary/aromatic N) is 6. The van der Waals surface area contributed by atoms with Crippen LogP contribution in [0.1, 0.15) is 157 Å². The summed E-state index contributed by atoms with van der Waals surface area (Å²) in [4.78, 5) is 177. The van der Waals surface area contributed by atoms with Crippen molar-refractivity contribution in [1.29, 1.82) is 0 Å². The van der Waals surface area contributed by atoms with Crippen molar-refractivity contribution in [3.8, 4) is 0 Å². The fourth-order valence-corrected chi connectivity index (χ4v) is 19.2. The minimum atomic E-state index is -4.14. The van der Waals surface area contributed by atoms with Gasteiger partial charge in [0, 0.05) is 312 Å². The van der Waals surface area contributed by atoms with Crippen molar-refractivity contribution in [2.45, 2.75) is 248 Å². The first-order chi connectivity index (χ1) is 71.1. The lowest BCUT2D eigenvalue weighted by atomic mass is 10.0. The number of aliphatic hydroxyl groups excluding tert-OH is 9. The van der Waals surface area contributed by atoms with E-state index in [9.17, 15) is 60.3 Å². The normalized spacial score (nSPS) is 15.2. The Hall–Kier alpha value is -0.739. The second kappa shape index (κ2) is 100. The molecule has 0 radical (unpaired) electrons. The zero-order valence-electron chi connectivity index (χ0n) is 92.1. The van der Waals surface area contributed by atoms with Crippen LogP contribution >= 0.6 is 0 Å². The molecule has 0 heterocycles. The van der Waals surface area contributed by atoms with E-state index >= 15 is 0 Å². The molecule has 0 aliphatic rings. The van der Waals surface area contributed by atoms with Gasteiger partial charge in [-0.1, -0.05) is 99.3 Å². The van der Waals surface area contributed by atoms with E-state index in [1.165, 1.54) is 19.3 Å². The summed E-state index contributed by atoms with van der Waals surface area (Å²) in [6.45, 7) is 34.2. The third kappa shape index (κ3) is 113. The summed E-state index contributed by atoms with van der Waals surface area (Å²) >= 11 is 0. The van der Waals surface area contributed by atoms with E-state index in [1.807, 2.05) is 4.90 Å². The minimum absolute atomic E-state index is 0.0100. The maximum atomic E-state index is 10.9. The fraction of sp³-hybridized carbons (Fsp3) is 1.00. The number of aliphatic hydroxyl groups is 9. The molecule has 0 amide bonds. The molecule has 39 N–H and O–H groups in total. The van der Waals surface area contributed by atoms with Crippen LogP contribution < -0.4 is 49.1 Å². The standard InChI is InChI=1S/3C31H73N5O12Si2/c1-3-5-8-28(4-2)24-48-27-31(39)22-35(13-9-32)14-10-33-11-15-36(23-30(38)26-47-18-7-20-50(43,44)45)16-12-34-21-29(37)25-46-17-6-19-49(40,41)42;1-3-5-8-28(4-2)24-48-27-31(39)23-35(13-11-33-10-9-32)15-16-36(22-30(38)26-47-18-7-20-50(43,44)45)14-12-34-21-29(37)25-46-17-6-19-49(40,41)42;1-3-5-8-28(4-2)24-48-27-31(39)23-36(22-30(38)26-47-18-7-20-50(43,44)45)16-15-35(14-13-34-12-11-33-10-9-32)21-29(37)25-46-17-6-19-49(40,41)42/h3*28-31,33-34,37-45H,3-27,32H2,1-2H3. The first-order valence-electron chi connectivity index (χ1n) is 55.1. The van der Waals surface area contributed by atoms with Crippen molar-refractivity contribution in [1.82, 2.24) is 61.3 Å². The Morgan fingerprint density at radius 2 is 0.400 bits per heavy atom. The van der Waals surface area contributed by atoms with Crippen molar-refractivity contribution >= 4 is 52.8 Å². The van der Waals surface area contributed by atoms with Gasteiger partial charge in [-0.2, -0.15) is 0 Å². The maximum absolute atomic E-state index is 10.9. The van der Waals surface area contributed by atoms with E-state index in [0.717, 1.165) is 77.4 Å². The summed E-state index contributed by atoms with van der Waals surface area (Å²) < 4.78 is 50.2. The van der Waals surface area contributed by atoms with Gasteiger partial charge in [0.05, 0.1) is 114 Å². The van der Waals surface area contributed by atoms with Gasteiger partial charge in [-0.3, -0.25) is 29.4 Å². The van der Waals surface area contributed by atoms with Crippen LogP contribution in [0.15, 0.2) is 0 Å². The van der Waals surface area contributed by atoms with Gasteiger partial charge in [0.15, 0.2) is 0 Å². The molecule has 150 heavy (non-hydrogen) atoms. The van der Waals surface area contributed by atoms with Gasteiger partial charge >= 0.3 is 52.8 Å². The Morgan fingerprint density at radius 1 is 0.207 bits per heavy atom. The molecule has 0 saturated carbocycles. The molecule has 0 aromatic heterocycles. The highest BCUT2D eigenvalue weighted by atomic mass is 28.4. The number of nitrogens with one attached hydrogen (secondary N) is 6. The predicted molar refractivity (Wildman–Crippen MR) is 585 cm³/mol. The van der Waals surface area contributed by atoms with Crippen LogP contribution in [-0.2, 0) is 42.6 Å². The number of nitrogens with two attached hydrogens (primary N) is 3. The monoisotopic (exact) mass is 2290 g/mol. The smallest absolute Gasteiger partial charge is 0.390 e. The number of hydrogen-bond donors (Lipinski definition) is 36. The lowest BCUT2D eigenvalue weighted by Gasteiger charge is -2.31. The van der Waals surface area contributed by atoms with Crippen LogP contribution in [0.2, 0.25) is 36.3 Å². The molecule has 0 saturated heterocycles. The van der Waals surface area contributed by atoms with Crippen molar-refractivity contribution in [3.63, 3.8) is 0 Å². The summed E-state index contributed by atoms with van der Waals surface area (Å²) in [6.07, 6.45) is 8.00. The molecule has 906 valence electrons. The SMILES string of the molecule is CCCCC(CC)COCC(O)CN(CCN(CCNCCNCCN)CC(O)COCCC[Si](O)(O)O)CC(O)COCCC[Si](O)(O)O.CCCCC(CC)COCC(O)CN(CCN)CCNCCN(CCNCC(O)COCCC[Si](O)(O)O)CC(O)COCCC[Si](O)(O)O.CCCCC(CC)COCC(O)CN(CCNCCN)CCN(CCNCC(O)COCCC[Si](O)(O)O)CC(O)COCCC[Si](O)(O)O. The van der Waals surface area contributed by atoms with Crippen LogP contribution in [0.3, 0.4) is 0 Å². The topological polar surface area (TPSA) is 799 Å². The van der Waals surface area contributed by atoms with Gasteiger partial charge in [-0.15, -0.1) is 0 Å². The van der Waals surface area contributed by atoms with Gasteiger partial charge in [-0.05, 0) is 75.5 Å². The highest BCUT2D eigenvalue weighted by molar-refractivity contribution is 6.57. The fourth-order valence-electron chi connectivity index (χ4n) is 15.5. The Bertz CT molecular complexity index is 2830. The van der Waals surface area contributed by atoms with E-state index in [4.69, 9.17) is 132 Å². The summed E-state index contributed by atoms with van der Waals surface area (Å²) in [5.74, 6) is 1.45. The number of hydrogen-bond acceptors (Lipinski definition) is 51. The average molecular weight is 2290 g/mol. The Balaban J connectivity index is -0.00000216. The number of rotatable bonds is 111. The summed E-state index contributed by atoms with van der Waals surface area (Å²) in [6, 6.07) is -0.814. The van der Waals surface area contributed by atoms with Crippen LogP contribution in [-0.4, -0.2) is 604 Å². The highest BCUT2D eigenvalue weighted by Gasteiger charge is 2.32. The second-order valence-corrected chi connectivity index (χ2v) is 51.8. The van der Waals surface area contributed by atoms with E-state index in [0.29, 0.717) is 214 Å². The van der Waals surface area contributed by atoms with Crippen LogP contribution in [0, 0.1) is 17.8 Å². The van der Waals surface area contributed by atoms with Gasteiger partial charge in [0.25, 0.3) is 0 Å². The first-order valence-corrected chi connectivity index (χ1v) is 67.4. The third-order valence-corrected chi connectivity index (χ3v) is 30.1. The summed E-state index contributed by atoms with van der Waals surface area (Å²) in [5.41, 5.74) is 17.0. The Morgan fingerprint density at radius 3 is 0.627 bits per heavy atom. The third-order valence-electron chi connectivity index (χ3n) is 24.0. The van der Waals surface area contributed by atoms with Crippen LogP contribution in [0.5, 0.6) is 0 Å². The van der Waals surface area contributed by atoms with E-state index in [2.05, 4.69) is 97.9 Å². The van der Waals surface area contributed by atoms with Crippen LogP contribution in [0.4, 0.5) is 0 Å². The molecule has 0 spiro atoms. The quantitative estimate of drug-likeness (QED) is 0.0199. The highest BCUT2D eigenvalue weighted by Crippen LogP contribution is 2.18. The zero-order valence-corrected chi connectivity index (χ0v) is 98.1. The largest absolute Gasteiger partial charge is 0.492 e. The molecule has 0 aromatic carbocycles. The van der Waals surface area contributed by atoms with Gasteiger partial charge in [0.1, 0.15) is 0 Å². The van der Waals surface area contributed by atoms with Gasteiger partial charge in [-0.25, -0.2) is 0 Å². The molecule has 57 heteroatoms. The number of ether oxygens (including phenoxy) is 9. The van der Waals surface area contributed by atoms with E-state index in [1.54, 1.807) is 0 Å². The molecule has 12 unspecified atom stereocenters. The van der Waals surface area contributed by atoms with Crippen molar-refractivity contribution < 1.29 is 175 Å². The van der Waals surface area contributed by atoms with E-state index < -0.39 is 108 Å².